The molecule has 3 heteroatoms. The van der Waals surface area contributed by atoms with Crippen molar-refractivity contribution in [3.8, 4) is 0 Å². The zero-order valence-corrected chi connectivity index (χ0v) is 9.21. The Morgan fingerprint density at radius 3 is 3.12 bits per heavy atom. The Balaban J connectivity index is 1.94. The fraction of sp³-hybridized carbons (Fsp3) is 0.538. The average Bonchev–Trinajstić information content (AvgIpc) is 2.81. The summed E-state index contributed by atoms with van der Waals surface area (Å²) in [4.78, 5) is 0. The largest absolute Gasteiger partial charge is 0.372 e. The van der Waals surface area contributed by atoms with E-state index in [2.05, 4.69) is 5.32 Å². The number of ether oxygens (including phenoxy) is 1. The van der Waals surface area contributed by atoms with E-state index >= 15 is 0 Å². The Kier molecular flexibility index (Phi) is 2.65. The third-order valence-corrected chi connectivity index (χ3v) is 3.55. The van der Waals surface area contributed by atoms with E-state index in [1.807, 2.05) is 6.07 Å². The smallest absolute Gasteiger partial charge is 0.123 e. The normalized spacial score (nSPS) is 29.1. The van der Waals surface area contributed by atoms with Crippen LogP contribution in [0.25, 0.3) is 0 Å². The highest BCUT2D eigenvalue weighted by atomic mass is 19.1. The monoisotopic (exact) mass is 221 g/mol. The molecule has 1 aromatic rings. The van der Waals surface area contributed by atoms with Crippen LogP contribution in [0.2, 0.25) is 0 Å². The van der Waals surface area contributed by atoms with Crippen molar-refractivity contribution in [3.05, 3.63) is 35.1 Å². The minimum Gasteiger partial charge on any atom is -0.372 e. The Morgan fingerprint density at radius 1 is 1.38 bits per heavy atom. The van der Waals surface area contributed by atoms with Crippen molar-refractivity contribution in [3.63, 3.8) is 0 Å². The Hall–Kier alpha value is -0.930. The molecule has 0 aliphatic carbocycles. The van der Waals surface area contributed by atoms with Crippen molar-refractivity contribution in [2.75, 3.05) is 13.2 Å². The van der Waals surface area contributed by atoms with Gasteiger partial charge in [-0.3, -0.25) is 0 Å². The molecule has 0 amide bonds. The molecule has 86 valence electrons. The number of hydrogen-bond donors (Lipinski definition) is 1. The van der Waals surface area contributed by atoms with Crippen LogP contribution in [0.5, 0.6) is 0 Å². The van der Waals surface area contributed by atoms with Crippen LogP contribution in [0, 0.1) is 5.82 Å². The van der Waals surface area contributed by atoms with Crippen LogP contribution >= 0.6 is 0 Å². The van der Waals surface area contributed by atoms with Gasteiger partial charge in [-0.1, -0.05) is 6.07 Å². The summed E-state index contributed by atoms with van der Waals surface area (Å²) in [6, 6.07) is 5.44. The number of rotatable bonds is 1. The predicted octanol–water partition coefficient (Wildman–Crippen LogP) is 2.19. The maximum absolute atomic E-state index is 13.3. The van der Waals surface area contributed by atoms with Gasteiger partial charge in [-0.05, 0) is 49.1 Å². The van der Waals surface area contributed by atoms with Gasteiger partial charge in [-0.2, -0.15) is 0 Å². The van der Waals surface area contributed by atoms with Gasteiger partial charge < -0.3 is 10.1 Å². The van der Waals surface area contributed by atoms with E-state index in [9.17, 15) is 4.39 Å². The summed E-state index contributed by atoms with van der Waals surface area (Å²) < 4.78 is 19.1. The van der Waals surface area contributed by atoms with Gasteiger partial charge in [0.2, 0.25) is 0 Å². The van der Waals surface area contributed by atoms with Gasteiger partial charge in [0.05, 0.1) is 12.7 Å². The number of hydrogen-bond acceptors (Lipinski definition) is 2. The zero-order valence-electron chi connectivity index (χ0n) is 9.21. The quantitative estimate of drug-likeness (QED) is 0.785. The van der Waals surface area contributed by atoms with E-state index in [0.29, 0.717) is 6.04 Å². The molecule has 0 saturated carbocycles. The molecule has 2 aliphatic heterocycles. The van der Waals surface area contributed by atoms with Gasteiger partial charge in [-0.25, -0.2) is 4.39 Å². The van der Waals surface area contributed by atoms with Crippen molar-refractivity contribution < 1.29 is 9.13 Å². The van der Waals surface area contributed by atoms with Crippen LogP contribution in [0.1, 0.15) is 30.1 Å². The number of nitrogens with one attached hydrogen (secondary N) is 1. The summed E-state index contributed by atoms with van der Waals surface area (Å²) in [6.45, 7) is 1.80. The topological polar surface area (TPSA) is 21.3 Å². The van der Waals surface area contributed by atoms with Crippen LogP contribution in [-0.4, -0.2) is 19.2 Å². The second kappa shape index (κ2) is 4.15. The van der Waals surface area contributed by atoms with Gasteiger partial charge in [0, 0.05) is 6.04 Å². The highest BCUT2D eigenvalue weighted by Gasteiger charge is 2.30. The molecule has 0 aromatic heterocycles. The molecule has 2 aliphatic rings. The summed E-state index contributed by atoms with van der Waals surface area (Å²) in [5.41, 5.74) is 2.29. The summed E-state index contributed by atoms with van der Waals surface area (Å²) in [7, 11) is 0. The van der Waals surface area contributed by atoms with Crippen molar-refractivity contribution in [1.29, 1.82) is 0 Å². The van der Waals surface area contributed by atoms with E-state index in [1.54, 1.807) is 12.1 Å². The predicted molar refractivity (Wildman–Crippen MR) is 59.8 cm³/mol. The van der Waals surface area contributed by atoms with Crippen molar-refractivity contribution >= 4 is 0 Å². The van der Waals surface area contributed by atoms with E-state index in [0.717, 1.165) is 31.6 Å². The molecule has 0 bridgehead atoms. The molecule has 2 nitrogen and oxygen atoms in total. The van der Waals surface area contributed by atoms with E-state index < -0.39 is 0 Å². The van der Waals surface area contributed by atoms with Gasteiger partial charge in [0.15, 0.2) is 0 Å². The first kappa shape index (κ1) is 10.2. The van der Waals surface area contributed by atoms with E-state index in [1.165, 1.54) is 12.0 Å². The fourth-order valence-corrected chi connectivity index (χ4v) is 2.75. The number of fused-ring (bicyclic) bond motifs is 1. The van der Waals surface area contributed by atoms with Crippen molar-refractivity contribution in [2.45, 2.75) is 31.4 Å². The van der Waals surface area contributed by atoms with Gasteiger partial charge in [0.25, 0.3) is 0 Å². The SMILES string of the molecule is Fc1ccc2c(c1)[C@@H]([C@@H]1CCCN1)OCC2. The number of halogens is 1. The van der Waals surface area contributed by atoms with Crippen LogP contribution in [-0.2, 0) is 11.2 Å². The second-order valence-corrected chi connectivity index (χ2v) is 4.59. The van der Waals surface area contributed by atoms with Crippen LogP contribution in [0.15, 0.2) is 18.2 Å². The lowest BCUT2D eigenvalue weighted by Crippen LogP contribution is -2.33. The molecule has 1 saturated heterocycles. The zero-order chi connectivity index (χ0) is 11.0. The summed E-state index contributed by atoms with van der Waals surface area (Å²) in [5, 5.41) is 3.44. The first-order valence-electron chi connectivity index (χ1n) is 5.98. The molecule has 3 rings (SSSR count). The van der Waals surface area contributed by atoms with Gasteiger partial charge in [-0.15, -0.1) is 0 Å². The van der Waals surface area contributed by atoms with Crippen LogP contribution < -0.4 is 5.32 Å². The minimum absolute atomic E-state index is 0.0435. The second-order valence-electron chi connectivity index (χ2n) is 4.59. The third kappa shape index (κ3) is 1.74. The van der Waals surface area contributed by atoms with Gasteiger partial charge in [0.1, 0.15) is 5.82 Å². The first-order chi connectivity index (χ1) is 7.84. The molecule has 16 heavy (non-hydrogen) atoms. The van der Waals surface area contributed by atoms with Crippen LogP contribution in [0.3, 0.4) is 0 Å². The Bertz CT molecular complexity index is 388. The molecular weight excluding hydrogens is 205 g/mol. The maximum Gasteiger partial charge on any atom is 0.123 e. The molecular formula is C13H16FNO. The highest BCUT2D eigenvalue weighted by Crippen LogP contribution is 2.33. The summed E-state index contributed by atoms with van der Waals surface area (Å²) >= 11 is 0. The molecule has 1 fully saturated rings. The molecule has 2 atom stereocenters. The van der Waals surface area contributed by atoms with Crippen molar-refractivity contribution in [1.82, 2.24) is 5.32 Å². The molecule has 0 radical (unpaired) electrons. The highest BCUT2D eigenvalue weighted by molar-refractivity contribution is 5.32. The van der Waals surface area contributed by atoms with Crippen molar-refractivity contribution in [2.24, 2.45) is 0 Å². The molecule has 1 aromatic carbocycles. The first-order valence-corrected chi connectivity index (χ1v) is 5.98. The van der Waals surface area contributed by atoms with Gasteiger partial charge >= 0.3 is 0 Å². The minimum atomic E-state index is -0.160. The standard InChI is InChI=1S/C13H16FNO/c14-10-4-3-9-5-7-16-13(11(9)8-10)12-2-1-6-15-12/h3-4,8,12-13,15H,1-2,5-7H2/t12-,13-/m0/s1. The molecule has 0 unspecified atom stereocenters. The fourth-order valence-electron chi connectivity index (χ4n) is 2.75. The lowest BCUT2D eigenvalue weighted by Gasteiger charge is -2.30. The molecule has 0 spiro atoms. The Labute approximate surface area is 94.8 Å². The third-order valence-electron chi connectivity index (χ3n) is 3.55. The average molecular weight is 221 g/mol. The Morgan fingerprint density at radius 2 is 2.31 bits per heavy atom. The van der Waals surface area contributed by atoms with Crippen LogP contribution in [0.4, 0.5) is 4.39 Å². The van der Waals surface area contributed by atoms with E-state index in [-0.39, 0.29) is 11.9 Å². The maximum atomic E-state index is 13.3. The number of benzene rings is 1. The summed E-state index contributed by atoms with van der Waals surface area (Å²) in [5.74, 6) is -0.160. The lowest BCUT2D eigenvalue weighted by molar-refractivity contribution is 0.0197. The lowest BCUT2D eigenvalue weighted by atomic mass is 9.92. The molecule has 1 N–H and O–H groups in total. The molecule has 2 heterocycles. The summed E-state index contributed by atoms with van der Waals surface area (Å²) in [6.07, 6.45) is 3.26. The van der Waals surface area contributed by atoms with E-state index in [4.69, 9.17) is 4.74 Å².